The Morgan fingerprint density at radius 3 is 2.57 bits per heavy atom. The fourth-order valence-electron chi connectivity index (χ4n) is 2.47. The third kappa shape index (κ3) is 4.27. The van der Waals surface area contributed by atoms with E-state index in [-0.39, 0.29) is 18.0 Å². The molecule has 6 nitrogen and oxygen atoms in total. The summed E-state index contributed by atoms with van der Waals surface area (Å²) in [6.45, 7) is 3.93. The molecular weight excluding hydrogens is 400 g/mol. The molecule has 0 spiro atoms. The highest BCUT2D eigenvalue weighted by atomic mass is 35.5. The van der Waals surface area contributed by atoms with Crippen LogP contribution in [0.3, 0.4) is 0 Å². The molecule has 0 bridgehead atoms. The largest absolute Gasteiger partial charge is 0.507 e. The molecule has 1 aliphatic heterocycles. The highest BCUT2D eigenvalue weighted by molar-refractivity contribution is 8.18. The van der Waals surface area contributed by atoms with Crippen molar-refractivity contribution in [2.75, 3.05) is 6.54 Å². The summed E-state index contributed by atoms with van der Waals surface area (Å²) in [5.41, 5.74) is 0.938. The number of carbonyl (C=O) groups is 2. The van der Waals surface area contributed by atoms with E-state index in [2.05, 4.69) is 11.6 Å². The fraction of sp³-hybridized carbons (Fsp3) is 0.0500. The summed E-state index contributed by atoms with van der Waals surface area (Å²) in [5, 5.41) is 19.9. The van der Waals surface area contributed by atoms with Gasteiger partial charge in [-0.2, -0.15) is 0 Å². The molecule has 0 aliphatic carbocycles. The van der Waals surface area contributed by atoms with Crippen LogP contribution in [0.1, 0.15) is 15.9 Å². The average Bonchev–Trinajstić information content (AvgIpc) is 2.92. The van der Waals surface area contributed by atoms with Crippen LogP contribution in [-0.2, 0) is 4.79 Å². The van der Waals surface area contributed by atoms with Crippen LogP contribution in [0.25, 0.3) is 6.08 Å². The fourth-order valence-corrected chi connectivity index (χ4v) is 3.61. The van der Waals surface area contributed by atoms with Crippen molar-refractivity contribution in [1.82, 2.24) is 4.90 Å². The second kappa shape index (κ2) is 8.33. The van der Waals surface area contributed by atoms with Crippen molar-refractivity contribution in [3.8, 4) is 5.75 Å². The highest BCUT2D eigenvalue weighted by Crippen LogP contribution is 2.35. The summed E-state index contributed by atoms with van der Waals surface area (Å²) in [5.74, 6) is -1.84. The number of benzene rings is 2. The minimum atomic E-state index is -1.23. The van der Waals surface area contributed by atoms with Crippen LogP contribution in [0, 0.1) is 0 Å². The normalized spacial score (nSPS) is 16.8. The van der Waals surface area contributed by atoms with E-state index in [9.17, 15) is 14.7 Å². The molecule has 0 unspecified atom stereocenters. The van der Waals surface area contributed by atoms with Crippen molar-refractivity contribution in [2.45, 2.75) is 0 Å². The van der Waals surface area contributed by atoms with Crippen LogP contribution in [0.4, 0.5) is 5.69 Å². The number of carbonyl (C=O) groups excluding carboxylic acids is 1. The summed E-state index contributed by atoms with van der Waals surface area (Å²) in [6.07, 6.45) is 3.33. The van der Waals surface area contributed by atoms with E-state index in [1.54, 1.807) is 36.4 Å². The first-order valence-electron chi connectivity index (χ1n) is 8.12. The van der Waals surface area contributed by atoms with Crippen molar-refractivity contribution >= 4 is 52.2 Å². The summed E-state index contributed by atoms with van der Waals surface area (Å²) in [4.78, 5) is 30.1. The Bertz CT molecular complexity index is 1020. The van der Waals surface area contributed by atoms with E-state index in [1.807, 2.05) is 0 Å². The van der Waals surface area contributed by atoms with Crippen LogP contribution >= 0.6 is 23.4 Å². The van der Waals surface area contributed by atoms with Gasteiger partial charge < -0.3 is 10.2 Å². The zero-order valence-electron chi connectivity index (χ0n) is 14.5. The number of carboxylic acid groups (broad SMARTS) is 1. The first kappa shape index (κ1) is 19.7. The molecule has 2 aromatic carbocycles. The van der Waals surface area contributed by atoms with Crippen molar-refractivity contribution in [3.05, 3.63) is 76.2 Å². The smallest absolute Gasteiger partial charge is 0.339 e. The number of rotatable bonds is 5. The number of amides is 1. The van der Waals surface area contributed by atoms with Gasteiger partial charge in [0, 0.05) is 17.6 Å². The molecule has 0 aromatic heterocycles. The van der Waals surface area contributed by atoms with Gasteiger partial charge in [0.05, 0.1) is 10.6 Å². The Hall–Kier alpha value is -3.03. The molecule has 2 aromatic rings. The van der Waals surface area contributed by atoms with Gasteiger partial charge >= 0.3 is 5.97 Å². The third-order valence-corrected chi connectivity index (χ3v) is 5.06. The number of thioether (sulfide) groups is 1. The number of phenols is 1. The molecule has 3 rings (SSSR count). The molecule has 0 saturated carbocycles. The van der Waals surface area contributed by atoms with Crippen LogP contribution in [0.5, 0.6) is 5.75 Å². The van der Waals surface area contributed by atoms with E-state index in [0.717, 1.165) is 5.56 Å². The van der Waals surface area contributed by atoms with E-state index in [1.165, 1.54) is 34.9 Å². The van der Waals surface area contributed by atoms with Gasteiger partial charge in [-0.25, -0.2) is 9.79 Å². The monoisotopic (exact) mass is 414 g/mol. The molecule has 28 heavy (non-hydrogen) atoms. The van der Waals surface area contributed by atoms with Gasteiger partial charge in [0.2, 0.25) is 0 Å². The van der Waals surface area contributed by atoms with Crippen LogP contribution in [0.2, 0.25) is 5.02 Å². The number of nitrogens with zero attached hydrogens (tertiary/aromatic N) is 2. The predicted molar refractivity (Wildman–Crippen MR) is 111 cm³/mol. The molecule has 1 aliphatic rings. The van der Waals surface area contributed by atoms with Crippen LogP contribution in [0.15, 0.2) is 65.0 Å². The maximum absolute atomic E-state index is 12.7. The number of aliphatic imine (C=N–C) groups is 1. The molecule has 1 heterocycles. The zero-order valence-corrected chi connectivity index (χ0v) is 16.1. The molecular formula is C20H15ClN2O4S. The third-order valence-electron chi connectivity index (χ3n) is 3.80. The molecule has 0 atom stereocenters. The Morgan fingerprint density at radius 2 is 1.96 bits per heavy atom. The van der Waals surface area contributed by atoms with E-state index >= 15 is 0 Å². The van der Waals surface area contributed by atoms with E-state index < -0.39 is 11.7 Å². The maximum atomic E-state index is 12.7. The minimum absolute atomic E-state index is 0.217. The summed E-state index contributed by atoms with van der Waals surface area (Å²) in [6, 6.07) is 11.1. The number of carboxylic acids is 1. The van der Waals surface area contributed by atoms with Crippen molar-refractivity contribution in [1.29, 1.82) is 0 Å². The van der Waals surface area contributed by atoms with Crippen LogP contribution in [-0.4, -0.2) is 38.7 Å². The molecule has 1 amide bonds. The summed E-state index contributed by atoms with van der Waals surface area (Å²) < 4.78 is 0. The Labute approximate surface area is 170 Å². The molecule has 1 fully saturated rings. The first-order chi connectivity index (χ1) is 13.4. The quantitative estimate of drug-likeness (QED) is 0.554. The lowest BCUT2D eigenvalue weighted by Crippen LogP contribution is -2.29. The number of aromatic hydroxyl groups is 1. The number of hydrogen-bond donors (Lipinski definition) is 2. The predicted octanol–water partition coefficient (Wildman–Crippen LogP) is 4.53. The molecule has 142 valence electrons. The topological polar surface area (TPSA) is 90.2 Å². The highest BCUT2D eigenvalue weighted by Gasteiger charge is 2.32. The number of halogens is 1. The maximum Gasteiger partial charge on any atom is 0.339 e. The molecule has 8 heteroatoms. The van der Waals surface area contributed by atoms with Gasteiger partial charge in [0.25, 0.3) is 5.91 Å². The van der Waals surface area contributed by atoms with Gasteiger partial charge in [0.1, 0.15) is 11.3 Å². The van der Waals surface area contributed by atoms with Gasteiger partial charge in [0.15, 0.2) is 5.17 Å². The Balaban J connectivity index is 1.95. The number of hydrogen-bond acceptors (Lipinski definition) is 5. The summed E-state index contributed by atoms with van der Waals surface area (Å²) >= 11 is 7.08. The van der Waals surface area contributed by atoms with Gasteiger partial charge in [-0.15, -0.1) is 6.58 Å². The van der Waals surface area contributed by atoms with Crippen molar-refractivity contribution < 1.29 is 19.8 Å². The van der Waals surface area contributed by atoms with Crippen molar-refractivity contribution in [2.24, 2.45) is 4.99 Å². The Morgan fingerprint density at radius 1 is 1.25 bits per heavy atom. The number of aromatic carboxylic acids is 1. The van der Waals surface area contributed by atoms with E-state index in [4.69, 9.17) is 16.7 Å². The summed E-state index contributed by atoms with van der Waals surface area (Å²) in [7, 11) is 0. The first-order valence-corrected chi connectivity index (χ1v) is 9.31. The Kier molecular flexibility index (Phi) is 5.87. The SMILES string of the molecule is C=CCN1C(=O)/C(=C/c2ccc(Cl)cc2)SC1=Nc1ccc(C(=O)O)c(O)c1. The van der Waals surface area contributed by atoms with Gasteiger partial charge in [-0.1, -0.05) is 29.8 Å². The standard InChI is InChI=1S/C20H15ClN2O4S/c1-2-9-23-18(25)17(10-12-3-5-13(21)6-4-12)28-20(23)22-14-7-8-15(19(26)27)16(24)11-14/h2-8,10-11,24H,1,9H2,(H,26,27)/b17-10-,22-20?. The van der Waals surface area contributed by atoms with Gasteiger partial charge in [-0.05, 0) is 47.7 Å². The van der Waals surface area contributed by atoms with E-state index in [0.29, 0.717) is 20.8 Å². The lowest BCUT2D eigenvalue weighted by molar-refractivity contribution is -0.121. The molecule has 0 radical (unpaired) electrons. The van der Waals surface area contributed by atoms with Crippen LogP contribution < -0.4 is 0 Å². The second-order valence-electron chi connectivity index (χ2n) is 5.77. The number of amidine groups is 1. The lowest BCUT2D eigenvalue weighted by atomic mass is 10.2. The van der Waals surface area contributed by atoms with Gasteiger partial charge in [-0.3, -0.25) is 9.69 Å². The lowest BCUT2D eigenvalue weighted by Gasteiger charge is -2.12. The second-order valence-corrected chi connectivity index (χ2v) is 7.21. The minimum Gasteiger partial charge on any atom is -0.507 e. The molecule has 1 saturated heterocycles. The zero-order chi connectivity index (χ0) is 20.3. The average molecular weight is 415 g/mol. The molecule has 2 N–H and O–H groups in total. The van der Waals surface area contributed by atoms with Crippen molar-refractivity contribution in [3.63, 3.8) is 0 Å².